The van der Waals surface area contributed by atoms with E-state index in [0.717, 1.165) is 17.5 Å². The number of benzene rings is 2. The van der Waals surface area contributed by atoms with E-state index in [1.807, 2.05) is 57.2 Å². The number of anilines is 2. The molecule has 0 aliphatic heterocycles. The molecule has 0 saturated heterocycles. The lowest BCUT2D eigenvalue weighted by Crippen LogP contribution is -2.49. The molecule has 3 rings (SSSR count). The summed E-state index contributed by atoms with van der Waals surface area (Å²) >= 11 is 7.29. The standard InChI is InChI=1S/C23H26ClN5O2S/c1-4-14(3)19(26-22(31)25-18-11-6-8-15(5-2)12-18)20(30)27-23-29-28-21(32-23)16-9-7-10-17(24)13-16/h6-14,19H,4-5H2,1-3H3,(H2,25,26,31)(H,27,29,30)/t14-,19+/m0/s1. The first kappa shape index (κ1) is 23.7. The molecule has 2 atom stereocenters. The molecule has 0 saturated carbocycles. The van der Waals surface area contributed by atoms with Gasteiger partial charge in [0.15, 0.2) is 0 Å². The number of nitrogens with zero attached hydrogens (tertiary/aromatic N) is 2. The van der Waals surface area contributed by atoms with E-state index in [1.54, 1.807) is 12.1 Å². The van der Waals surface area contributed by atoms with Crippen LogP contribution < -0.4 is 16.0 Å². The van der Waals surface area contributed by atoms with Crippen molar-refractivity contribution in [3.8, 4) is 10.6 Å². The molecule has 9 heteroatoms. The molecule has 0 aliphatic rings. The molecule has 0 aliphatic carbocycles. The highest BCUT2D eigenvalue weighted by Crippen LogP contribution is 2.28. The SMILES string of the molecule is CCc1cccc(NC(=O)N[C@@H](C(=O)Nc2nnc(-c3cccc(Cl)c3)s2)[C@@H](C)CC)c1. The van der Waals surface area contributed by atoms with E-state index in [4.69, 9.17) is 11.6 Å². The maximum absolute atomic E-state index is 13.0. The van der Waals surface area contributed by atoms with E-state index in [0.29, 0.717) is 27.3 Å². The number of amides is 3. The first-order chi connectivity index (χ1) is 15.4. The zero-order valence-corrected chi connectivity index (χ0v) is 19.8. The average molecular weight is 472 g/mol. The van der Waals surface area contributed by atoms with Gasteiger partial charge in [-0.15, -0.1) is 10.2 Å². The number of hydrogen-bond donors (Lipinski definition) is 3. The highest BCUT2D eigenvalue weighted by Gasteiger charge is 2.27. The van der Waals surface area contributed by atoms with E-state index >= 15 is 0 Å². The third-order valence-corrected chi connectivity index (χ3v) is 6.22. The molecule has 0 fully saturated rings. The number of hydrogen-bond acceptors (Lipinski definition) is 5. The summed E-state index contributed by atoms with van der Waals surface area (Å²) in [7, 11) is 0. The number of halogens is 1. The molecule has 32 heavy (non-hydrogen) atoms. The quantitative estimate of drug-likeness (QED) is 0.398. The predicted octanol–water partition coefficient (Wildman–Crippen LogP) is 5.60. The highest BCUT2D eigenvalue weighted by molar-refractivity contribution is 7.18. The molecule has 0 bridgehead atoms. The van der Waals surface area contributed by atoms with Crippen molar-refractivity contribution in [3.63, 3.8) is 0 Å². The lowest BCUT2D eigenvalue weighted by atomic mass is 9.98. The number of carbonyl (C=O) groups excluding carboxylic acids is 2. The first-order valence-corrected chi connectivity index (χ1v) is 11.7. The summed E-state index contributed by atoms with van der Waals surface area (Å²) in [5, 5.41) is 18.2. The van der Waals surface area contributed by atoms with Gasteiger partial charge in [-0.2, -0.15) is 0 Å². The highest BCUT2D eigenvalue weighted by atomic mass is 35.5. The predicted molar refractivity (Wildman–Crippen MR) is 130 cm³/mol. The number of rotatable bonds is 8. The second-order valence-corrected chi connectivity index (χ2v) is 8.84. The van der Waals surface area contributed by atoms with Crippen molar-refractivity contribution >= 4 is 45.7 Å². The Morgan fingerprint density at radius 1 is 1.06 bits per heavy atom. The van der Waals surface area contributed by atoms with Gasteiger partial charge in [-0.3, -0.25) is 10.1 Å². The zero-order valence-electron chi connectivity index (χ0n) is 18.2. The average Bonchev–Trinajstić information content (AvgIpc) is 3.25. The van der Waals surface area contributed by atoms with Gasteiger partial charge in [-0.25, -0.2) is 4.79 Å². The molecule has 168 valence electrons. The fraction of sp³-hybridized carbons (Fsp3) is 0.304. The van der Waals surface area contributed by atoms with Crippen LogP contribution in [0.1, 0.15) is 32.8 Å². The molecule has 3 amide bonds. The summed E-state index contributed by atoms with van der Waals surface area (Å²) < 4.78 is 0. The van der Waals surface area contributed by atoms with Crippen LogP contribution in [0.3, 0.4) is 0 Å². The van der Waals surface area contributed by atoms with Gasteiger partial charge in [0.2, 0.25) is 11.0 Å². The van der Waals surface area contributed by atoms with Crippen LogP contribution in [0.25, 0.3) is 10.6 Å². The molecular weight excluding hydrogens is 446 g/mol. The van der Waals surface area contributed by atoms with Gasteiger partial charge < -0.3 is 10.6 Å². The normalized spacial score (nSPS) is 12.6. The van der Waals surface area contributed by atoms with Crippen molar-refractivity contribution in [2.24, 2.45) is 5.92 Å². The Bertz CT molecular complexity index is 1090. The van der Waals surface area contributed by atoms with E-state index < -0.39 is 12.1 Å². The number of aromatic nitrogens is 2. The van der Waals surface area contributed by atoms with Gasteiger partial charge >= 0.3 is 6.03 Å². The number of nitrogens with one attached hydrogen (secondary N) is 3. The molecule has 0 spiro atoms. The third kappa shape index (κ3) is 6.27. The fourth-order valence-corrected chi connectivity index (χ4v) is 4.01. The maximum Gasteiger partial charge on any atom is 0.319 e. The zero-order chi connectivity index (χ0) is 23.1. The van der Waals surface area contributed by atoms with Crippen molar-refractivity contribution in [2.45, 2.75) is 39.7 Å². The summed E-state index contributed by atoms with van der Waals surface area (Å²) in [6.45, 7) is 5.94. The smallest absolute Gasteiger partial charge is 0.319 e. The minimum atomic E-state index is -0.729. The summed E-state index contributed by atoms with van der Waals surface area (Å²) in [5.74, 6) is -0.423. The summed E-state index contributed by atoms with van der Waals surface area (Å²) in [6, 6.07) is 13.7. The Labute approximate surface area is 196 Å². The maximum atomic E-state index is 13.0. The lowest BCUT2D eigenvalue weighted by Gasteiger charge is -2.23. The minimum absolute atomic E-state index is 0.0805. The topological polar surface area (TPSA) is 96.0 Å². The third-order valence-electron chi connectivity index (χ3n) is 5.10. The second-order valence-electron chi connectivity index (χ2n) is 7.43. The van der Waals surface area contributed by atoms with E-state index in [1.165, 1.54) is 11.3 Å². The molecule has 2 aromatic carbocycles. The molecular formula is C23H26ClN5O2S. The van der Waals surface area contributed by atoms with Gasteiger partial charge in [-0.05, 0) is 42.2 Å². The van der Waals surface area contributed by atoms with Crippen molar-refractivity contribution in [1.29, 1.82) is 0 Å². The first-order valence-electron chi connectivity index (χ1n) is 10.5. The Morgan fingerprint density at radius 2 is 1.84 bits per heavy atom. The fourth-order valence-electron chi connectivity index (χ4n) is 3.07. The lowest BCUT2D eigenvalue weighted by molar-refractivity contribution is -0.119. The van der Waals surface area contributed by atoms with Crippen LogP contribution in [-0.2, 0) is 11.2 Å². The van der Waals surface area contributed by atoms with Gasteiger partial charge in [0, 0.05) is 16.3 Å². The molecule has 7 nitrogen and oxygen atoms in total. The Morgan fingerprint density at radius 3 is 2.56 bits per heavy atom. The number of carbonyl (C=O) groups is 2. The Hall–Kier alpha value is -2.97. The van der Waals surface area contributed by atoms with Crippen LogP contribution in [0, 0.1) is 5.92 Å². The van der Waals surface area contributed by atoms with E-state index in [-0.39, 0.29) is 11.8 Å². The molecule has 0 radical (unpaired) electrons. The molecule has 1 heterocycles. The van der Waals surface area contributed by atoms with Crippen LogP contribution in [0.15, 0.2) is 48.5 Å². The molecule has 3 N–H and O–H groups in total. The Balaban J connectivity index is 1.67. The number of urea groups is 1. The molecule has 1 aromatic heterocycles. The van der Waals surface area contributed by atoms with Crippen LogP contribution in [0.5, 0.6) is 0 Å². The minimum Gasteiger partial charge on any atom is -0.326 e. The Kier molecular flexibility index (Phi) is 8.19. The van der Waals surface area contributed by atoms with Crippen molar-refractivity contribution in [1.82, 2.24) is 15.5 Å². The summed E-state index contributed by atoms with van der Waals surface area (Å²) in [6.07, 6.45) is 1.58. The van der Waals surface area contributed by atoms with E-state index in [9.17, 15) is 9.59 Å². The number of aryl methyl sites for hydroxylation is 1. The van der Waals surface area contributed by atoms with Crippen molar-refractivity contribution in [3.05, 3.63) is 59.1 Å². The van der Waals surface area contributed by atoms with Crippen molar-refractivity contribution in [2.75, 3.05) is 10.6 Å². The molecule has 3 aromatic rings. The van der Waals surface area contributed by atoms with E-state index in [2.05, 4.69) is 26.1 Å². The monoisotopic (exact) mass is 471 g/mol. The second kappa shape index (κ2) is 11.1. The van der Waals surface area contributed by atoms with Crippen LogP contribution >= 0.6 is 22.9 Å². The van der Waals surface area contributed by atoms with Crippen molar-refractivity contribution < 1.29 is 9.59 Å². The van der Waals surface area contributed by atoms with Gasteiger partial charge in [0.05, 0.1) is 0 Å². The van der Waals surface area contributed by atoms with Crippen LogP contribution in [0.2, 0.25) is 5.02 Å². The van der Waals surface area contributed by atoms with Crippen LogP contribution in [-0.4, -0.2) is 28.2 Å². The molecule has 0 unspecified atom stereocenters. The summed E-state index contributed by atoms with van der Waals surface area (Å²) in [5.41, 5.74) is 2.62. The van der Waals surface area contributed by atoms with Gasteiger partial charge in [-0.1, -0.05) is 74.4 Å². The summed E-state index contributed by atoms with van der Waals surface area (Å²) in [4.78, 5) is 25.5. The van der Waals surface area contributed by atoms with Gasteiger partial charge in [0.25, 0.3) is 0 Å². The largest absolute Gasteiger partial charge is 0.326 e. The van der Waals surface area contributed by atoms with Gasteiger partial charge in [0.1, 0.15) is 11.0 Å². The van der Waals surface area contributed by atoms with Crippen LogP contribution in [0.4, 0.5) is 15.6 Å².